The third-order valence-electron chi connectivity index (χ3n) is 17.3. The maximum atomic E-state index is 2.70. The van der Waals surface area contributed by atoms with Crippen molar-refractivity contribution in [1.82, 2.24) is 13.7 Å². The Morgan fingerprint density at radius 3 is 1.35 bits per heavy atom. The van der Waals surface area contributed by atoms with E-state index >= 15 is 0 Å². The predicted molar refractivity (Wildman–Crippen MR) is 311 cm³/mol. The summed E-state index contributed by atoms with van der Waals surface area (Å²) in [5.74, 6) is 0. The monoisotopic (exact) mass is 929 g/mol. The molecule has 0 bridgehead atoms. The first-order chi connectivity index (χ1) is 34.3. The summed E-state index contributed by atoms with van der Waals surface area (Å²) in [5.41, 5.74) is 26.2. The number of rotatable bonds is 1. The van der Waals surface area contributed by atoms with E-state index in [0.29, 0.717) is 0 Å². The smallest absolute Gasteiger partial charge is 0.252 e. The molecule has 0 N–H and O–H groups in total. The summed E-state index contributed by atoms with van der Waals surface area (Å²) >= 11 is 0. The number of hydrogen-bond acceptors (Lipinski definition) is 0. The summed E-state index contributed by atoms with van der Waals surface area (Å²) in [7, 11) is 0. The van der Waals surface area contributed by atoms with Gasteiger partial charge >= 0.3 is 0 Å². The molecule has 15 rings (SSSR count). The van der Waals surface area contributed by atoms with E-state index in [2.05, 4.69) is 242 Å². The number of aromatic nitrogens is 3. The minimum atomic E-state index is -0.0689. The van der Waals surface area contributed by atoms with Crippen LogP contribution in [0.25, 0.3) is 116 Å². The molecular weight excluding hydrogens is 870 g/mol. The highest BCUT2D eigenvalue weighted by Crippen LogP contribution is 2.51. The molecule has 0 saturated heterocycles. The highest BCUT2D eigenvalue weighted by atomic mass is 15.1. The van der Waals surface area contributed by atoms with Crippen molar-refractivity contribution in [3.63, 3.8) is 0 Å². The Kier molecular flexibility index (Phi) is 7.89. The Hall–Kier alpha value is -7.30. The Morgan fingerprint density at radius 2 is 0.792 bits per heavy atom. The predicted octanol–water partition coefficient (Wildman–Crippen LogP) is 16.1. The molecule has 72 heavy (non-hydrogen) atoms. The average Bonchev–Trinajstić information content (AvgIpc) is 3.96. The van der Waals surface area contributed by atoms with Gasteiger partial charge in [0, 0.05) is 49.2 Å². The van der Waals surface area contributed by atoms with Gasteiger partial charge in [0.25, 0.3) is 6.71 Å². The van der Waals surface area contributed by atoms with Crippen LogP contribution in [0.4, 0.5) is 0 Å². The van der Waals surface area contributed by atoms with Gasteiger partial charge in [-0.2, -0.15) is 0 Å². The molecule has 0 spiro atoms. The van der Waals surface area contributed by atoms with Crippen molar-refractivity contribution in [2.75, 3.05) is 0 Å². The summed E-state index contributed by atoms with van der Waals surface area (Å²) < 4.78 is 7.98. The first kappa shape index (κ1) is 42.4. The number of nitrogens with zero attached hydrogens (tertiary/aromatic N) is 3. The molecule has 0 radical (unpaired) electrons. The maximum Gasteiger partial charge on any atom is 0.252 e. The first-order valence-electron chi connectivity index (χ1n) is 26.3. The van der Waals surface area contributed by atoms with Crippen LogP contribution >= 0.6 is 0 Å². The Bertz CT molecular complexity index is 4410. The number of hydrogen-bond donors (Lipinski definition) is 0. The van der Waals surface area contributed by atoms with Crippen LogP contribution in [0.1, 0.15) is 105 Å². The fourth-order valence-electron chi connectivity index (χ4n) is 13.6. The largest absolute Gasteiger partial charge is 0.310 e. The van der Waals surface area contributed by atoms with E-state index in [1.807, 2.05) is 0 Å². The van der Waals surface area contributed by atoms with E-state index in [1.165, 1.54) is 154 Å². The van der Waals surface area contributed by atoms with Gasteiger partial charge in [-0.3, -0.25) is 0 Å². The zero-order valence-electron chi connectivity index (χ0n) is 43.8. The second-order valence-electron chi connectivity index (χ2n) is 25.8. The van der Waals surface area contributed by atoms with E-state index in [4.69, 9.17) is 0 Å². The molecule has 0 unspecified atom stereocenters. The molecule has 12 aromatic rings. The quantitative estimate of drug-likeness (QED) is 0.146. The van der Waals surface area contributed by atoms with Crippen molar-refractivity contribution >= 4 is 99.3 Å². The van der Waals surface area contributed by atoms with Crippen LogP contribution in [0.3, 0.4) is 0 Å². The zero-order valence-corrected chi connectivity index (χ0v) is 43.8. The van der Waals surface area contributed by atoms with Gasteiger partial charge in [-0.05, 0) is 154 Å². The molecule has 2 aliphatic heterocycles. The normalized spacial score (nSPS) is 14.1. The summed E-state index contributed by atoms with van der Waals surface area (Å²) in [5, 5.41) is 10.7. The molecule has 3 nitrogen and oxygen atoms in total. The highest BCUT2D eigenvalue weighted by molar-refractivity contribution is 7.00. The van der Waals surface area contributed by atoms with Crippen LogP contribution in [-0.2, 0) is 21.7 Å². The maximum absolute atomic E-state index is 2.70. The molecule has 3 aliphatic rings. The van der Waals surface area contributed by atoms with E-state index in [1.54, 1.807) is 0 Å². The molecule has 9 aromatic carbocycles. The summed E-state index contributed by atoms with van der Waals surface area (Å²) in [6.45, 7) is 28.2. The van der Waals surface area contributed by atoms with Gasteiger partial charge in [0.2, 0.25) is 0 Å². The van der Waals surface area contributed by atoms with Gasteiger partial charge < -0.3 is 13.7 Å². The van der Waals surface area contributed by atoms with Crippen molar-refractivity contribution in [1.29, 1.82) is 0 Å². The molecule has 0 fully saturated rings. The fraction of sp³-hybridized carbons (Fsp3) is 0.235. The molecule has 4 heteroatoms. The third kappa shape index (κ3) is 5.38. The van der Waals surface area contributed by atoms with Crippen LogP contribution in [0.15, 0.2) is 146 Å². The van der Waals surface area contributed by atoms with Crippen molar-refractivity contribution < 1.29 is 0 Å². The molecule has 3 aromatic heterocycles. The molecule has 5 heterocycles. The number of benzene rings is 9. The molecular formula is C68H60BN3. The first-order valence-corrected chi connectivity index (χ1v) is 26.3. The SMILES string of the molecule is CC(C)(C)c1ccc2c(c1)c1cc(C(C)(C)C)ccc1n2-c1cc2c3c(c1)-n1c4cccc5c4c4c6c(cccc6cc(c41)B3c1cc(C(C)(C)C)cc3c4cc(C(C)(C)C)ccc4n-2c13)-c1ccccc1-5. The minimum Gasteiger partial charge on any atom is -0.310 e. The minimum absolute atomic E-state index is 0.00341. The lowest BCUT2D eigenvalue weighted by atomic mass is 9.34. The second kappa shape index (κ2) is 13.4. The van der Waals surface area contributed by atoms with Crippen molar-refractivity contribution in [2.45, 2.75) is 105 Å². The zero-order chi connectivity index (χ0) is 49.4. The summed E-state index contributed by atoms with van der Waals surface area (Å²) in [6, 6.07) is 58.0. The lowest BCUT2D eigenvalue weighted by Crippen LogP contribution is -2.59. The van der Waals surface area contributed by atoms with Crippen molar-refractivity contribution in [2.24, 2.45) is 0 Å². The summed E-state index contributed by atoms with van der Waals surface area (Å²) in [6.07, 6.45) is 0. The Morgan fingerprint density at radius 1 is 0.333 bits per heavy atom. The van der Waals surface area contributed by atoms with E-state index in [9.17, 15) is 0 Å². The van der Waals surface area contributed by atoms with Gasteiger partial charge in [0.05, 0.1) is 33.3 Å². The van der Waals surface area contributed by atoms with Crippen LogP contribution in [-0.4, -0.2) is 20.4 Å². The van der Waals surface area contributed by atoms with E-state index in [0.717, 1.165) is 0 Å². The van der Waals surface area contributed by atoms with Gasteiger partial charge in [0.15, 0.2) is 0 Å². The topological polar surface area (TPSA) is 14.8 Å². The molecule has 1 aliphatic carbocycles. The Balaban J connectivity index is 1.17. The lowest BCUT2D eigenvalue weighted by molar-refractivity contribution is 0.590. The second-order valence-corrected chi connectivity index (χ2v) is 25.8. The molecule has 0 atom stereocenters. The third-order valence-corrected chi connectivity index (χ3v) is 17.3. The van der Waals surface area contributed by atoms with Crippen LogP contribution in [0.5, 0.6) is 0 Å². The molecule has 0 saturated carbocycles. The highest BCUT2D eigenvalue weighted by Gasteiger charge is 2.43. The fourth-order valence-corrected chi connectivity index (χ4v) is 13.6. The van der Waals surface area contributed by atoms with Crippen molar-refractivity contribution in [3.8, 4) is 39.3 Å². The Labute approximate surface area is 422 Å². The van der Waals surface area contributed by atoms with Gasteiger partial charge in [-0.1, -0.05) is 168 Å². The average molecular weight is 930 g/mol. The van der Waals surface area contributed by atoms with Crippen LogP contribution in [0.2, 0.25) is 0 Å². The van der Waals surface area contributed by atoms with Gasteiger partial charge in [-0.15, -0.1) is 0 Å². The van der Waals surface area contributed by atoms with Crippen LogP contribution in [0, 0.1) is 0 Å². The standard InChI is InChI=1S/C68H60BN3/c1-65(2,3)38-23-26-53-47(30-38)48-31-39(66(4,5)6)24-27-54(48)70(53)42-35-57-62-58(36-42)72-56-22-16-21-46-44-19-14-13-18-43(44)45-20-15-17-37-29-51(64(72)61(59(37)45)60(46)56)69(62)52-34-41(68(10,11)12)33-50-49-32-40(67(7,8)9)25-28-55(49)71(57)63(50)52/h13-36H,1-12H3. The van der Waals surface area contributed by atoms with E-state index < -0.39 is 0 Å². The van der Waals surface area contributed by atoms with Crippen LogP contribution < -0.4 is 16.4 Å². The molecule has 0 amide bonds. The number of fused-ring (bicyclic) bond motifs is 14. The summed E-state index contributed by atoms with van der Waals surface area (Å²) in [4.78, 5) is 0. The van der Waals surface area contributed by atoms with Gasteiger partial charge in [0.1, 0.15) is 0 Å². The molecule has 350 valence electrons. The van der Waals surface area contributed by atoms with E-state index in [-0.39, 0.29) is 28.4 Å². The van der Waals surface area contributed by atoms with Crippen molar-refractivity contribution in [3.05, 3.63) is 168 Å². The lowest BCUT2D eigenvalue weighted by Gasteiger charge is -2.35. The van der Waals surface area contributed by atoms with Gasteiger partial charge in [-0.25, -0.2) is 0 Å².